The minimum absolute atomic E-state index is 0.00326. The quantitative estimate of drug-likeness (QED) is 0.409. The summed E-state index contributed by atoms with van der Waals surface area (Å²) in [5.74, 6) is 0.686. The minimum atomic E-state index is -0.359. The molecule has 1 aromatic heterocycles. The zero-order chi connectivity index (χ0) is 21.7. The lowest BCUT2D eigenvalue weighted by atomic mass is 10.1. The molecule has 0 unspecified atom stereocenters. The van der Waals surface area contributed by atoms with Gasteiger partial charge in [-0.05, 0) is 57.5 Å². The van der Waals surface area contributed by atoms with Crippen molar-refractivity contribution in [2.45, 2.75) is 51.1 Å². The van der Waals surface area contributed by atoms with Crippen LogP contribution in [0.5, 0.6) is 0 Å². The zero-order valence-electron chi connectivity index (χ0n) is 17.7. The van der Waals surface area contributed by atoms with Crippen LogP contribution in [0.2, 0.25) is 0 Å². The monoisotopic (exact) mass is 422 g/mol. The number of aryl methyl sites for hydroxylation is 1. The SMILES string of the molecule is CCCn1c(S[C@H](C)C(=O)Nc2ccc(C(C)=O)cc2)nnc1-c1cccc(C)c1. The molecule has 0 radical (unpaired) electrons. The molecular weight excluding hydrogens is 396 g/mol. The molecule has 0 aliphatic rings. The first-order chi connectivity index (χ1) is 14.4. The largest absolute Gasteiger partial charge is 0.325 e. The van der Waals surface area contributed by atoms with Gasteiger partial charge in [0.15, 0.2) is 16.8 Å². The number of amides is 1. The highest BCUT2D eigenvalue weighted by atomic mass is 32.2. The summed E-state index contributed by atoms with van der Waals surface area (Å²) < 4.78 is 2.07. The topological polar surface area (TPSA) is 76.9 Å². The van der Waals surface area contributed by atoms with Crippen LogP contribution in [0.25, 0.3) is 11.4 Å². The molecule has 0 saturated carbocycles. The molecule has 0 aliphatic heterocycles. The second-order valence-corrected chi connectivity index (χ2v) is 8.52. The van der Waals surface area contributed by atoms with E-state index in [9.17, 15) is 9.59 Å². The third-order valence-electron chi connectivity index (χ3n) is 4.65. The van der Waals surface area contributed by atoms with Crippen LogP contribution in [0.4, 0.5) is 5.69 Å². The second-order valence-electron chi connectivity index (χ2n) is 7.21. The average molecular weight is 423 g/mol. The summed E-state index contributed by atoms with van der Waals surface area (Å²) in [5, 5.41) is 12.0. The first kappa shape index (κ1) is 21.8. The number of anilines is 1. The number of thioether (sulfide) groups is 1. The minimum Gasteiger partial charge on any atom is -0.325 e. The van der Waals surface area contributed by atoms with Crippen molar-refractivity contribution in [1.29, 1.82) is 0 Å². The molecule has 0 aliphatic carbocycles. The van der Waals surface area contributed by atoms with Crippen molar-refractivity contribution in [2.75, 3.05) is 5.32 Å². The summed E-state index contributed by atoms with van der Waals surface area (Å²) in [6.07, 6.45) is 0.938. The third-order valence-corrected chi connectivity index (χ3v) is 5.73. The Morgan fingerprint density at radius 3 is 2.50 bits per heavy atom. The molecular formula is C23H26N4O2S. The predicted octanol–water partition coefficient (Wildman–Crippen LogP) is 4.99. The number of hydrogen-bond donors (Lipinski definition) is 1. The molecule has 0 spiro atoms. The lowest BCUT2D eigenvalue weighted by Gasteiger charge is -2.13. The molecule has 6 nitrogen and oxygen atoms in total. The number of Topliss-reactive ketones (excluding diaryl/α,β-unsaturated/α-hetero) is 1. The number of carbonyl (C=O) groups excluding carboxylic acids is 2. The van der Waals surface area contributed by atoms with Crippen LogP contribution in [0.3, 0.4) is 0 Å². The third kappa shape index (κ3) is 5.16. The Hall–Kier alpha value is -2.93. The Morgan fingerprint density at radius 1 is 1.13 bits per heavy atom. The molecule has 0 fully saturated rings. The number of aromatic nitrogens is 3. The first-order valence-electron chi connectivity index (χ1n) is 9.97. The van der Waals surface area contributed by atoms with Crippen LogP contribution in [0.1, 0.15) is 43.1 Å². The Morgan fingerprint density at radius 2 is 1.87 bits per heavy atom. The maximum absolute atomic E-state index is 12.7. The first-order valence-corrected chi connectivity index (χ1v) is 10.9. The molecule has 0 saturated heterocycles. The number of ketones is 1. The zero-order valence-corrected chi connectivity index (χ0v) is 18.5. The predicted molar refractivity (Wildman–Crippen MR) is 121 cm³/mol. The Labute approximate surface area is 181 Å². The molecule has 3 rings (SSSR count). The number of nitrogens with one attached hydrogen (secondary N) is 1. The van der Waals surface area contributed by atoms with E-state index in [-0.39, 0.29) is 16.9 Å². The smallest absolute Gasteiger partial charge is 0.237 e. The molecule has 1 atom stereocenters. The van der Waals surface area contributed by atoms with Crippen LogP contribution in [-0.4, -0.2) is 31.7 Å². The van der Waals surface area contributed by atoms with Crippen LogP contribution < -0.4 is 5.32 Å². The van der Waals surface area contributed by atoms with E-state index in [1.807, 2.05) is 19.1 Å². The molecule has 7 heteroatoms. The van der Waals surface area contributed by atoms with E-state index in [1.54, 1.807) is 24.3 Å². The summed E-state index contributed by atoms with van der Waals surface area (Å²) >= 11 is 1.39. The van der Waals surface area contributed by atoms with E-state index in [2.05, 4.69) is 46.1 Å². The highest BCUT2D eigenvalue weighted by molar-refractivity contribution is 8.00. The lowest BCUT2D eigenvalue weighted by Crippen LogP contribution is -2.23. The van der Waals surface area contributed by atoms with Gasteiger partial charge in [0.05, 0.1) is 5.25 Å². The van der Waals surface area contributed by atoms with E-state index in [0.29, 0.717) is 11.3 Å². The fourth-order valence-electron chi connectivity index (χ4n) is 3.04. The number of benzene rings is 2. The van der Waals surface area contributed by atoms with Crippen LogP contribution in [0.15, 0.2) is 53.7 Å². The number of carbonyl (C=O) groups is 2. The Kier molecular flexibility index (Phi) is 7.05. The summed E-state index contributed by atoms with van der Waals surface area (Å²) in [6.45, 7) is 8.30. The van der Waals surface area contributed by atoms with Gasteiger partial charge >= 0.3 is 0 Å². The molecule has 156 valence electrons. The van der Waals surface area contributed by atoms with Crippen LogP contribution >= 0.6 is 11.8 Å². The van der Waals surface area contributed by atoms with Crippen molar-refractivity contribution in [1.82, 2.24) is 14.8 Å². The Bertz CT molecular complexity index is 1040. The summed E-state index contributed by atoms with van der Waals surface area (Å²) in [6, 6.07) is 15.1. The van der Waals surface area contributed by atoms with Gasteiger partial charge in [-0.1, -0.05) is 42.4 Å². The summed E-state index contributed by atoms with van der Waals surface area (Å²) in [5.41, 5.74) is 3.46. The molecule has 1 heterocycles. The average Bonchev–Trinajstić information content (AvgIpc) is 3.11. The van der Waals surface area contributed by atoms with Gasteiger partial charge in [-0.2, -0.15) is 0 Å². The fraction of sp³-hybridized carbons (Fsp3) is 0.304. The summed E-state index contributed by atoms with van der Waals surface area (Å²) in [7, 11) is 0. The number of nitrogens with zero attached hydrogens (tertiary/aromatic N) is 3. The molecule has 3 aromatic rings. The van der Waals surface area contributed by atoms with Gasteiger partial charge in [0.1, 0.15) is 0 Å². The van der Waals surface area contributed by atoms with Crippen molar-refractivity contribution in [2.24, 2.45) is 0 Å². The highest BCUT2D eigenvalue weighted by Gasteiger charge is 2.21. The maximum atomic E-state index is 12.7. The van der Waals surface area contributed by atoms with E-state index in [0.717, 1.165) is 35.1 Å². The highest BCUT2D eigenvalue weighted by Crippen LogP contribution is 2.28. The molecule has 0 bridgehead atoms. The molecule has 30 heavy (non-hydrogen) atoms. The number of hydrogen-bond acceptors (Lipinski definition) is 5. The van der Waals surface area contributed by atoms with Crippen molar-refractivity contribution < 1.29 is 9.59 Å². The van der Waals surface area contributed by atoms with E-state index < -0.39 is 0 Å². The van der Waals surface area contributed by atoms with Gasteiger partial charge in [0.2, 0.25) is 5.91 Å². The van der Waals surface area contributed by atoms with Gasteiger partial charge in [0, 0.05) is 23.4 Å². The molecule has 1 amide bonds. The van der Waals surface area contributed by atoms with Crippen molar-refractivity contribution in [3.63, 3.8) is 0 Å². The second kappa shape index (κ2) is 9.71. The van der Waals surface area contributed by atoms with Crippen LogP contribution in [-0.2, 0) is 11.3 Å². The van der Waals surface area contributed by atoms with E-state index in [1.165, 1.54) is 18.7 Å². The normalized spacial score (nSPS) is 11.9. The van der Waals surface area contributed by atoms with Gasteiger partial charge in [0.25, 0.3) is 0 Å². The standard InChI is InChI=1S/C23H26N4O2S/c1-5-13-27-21(19-8-6-7-15(2)14-19)25-26-23(27)30-17(4)22(29)24-20-11-9-18(10-12-20)16(3)28/h6-12,14,17H,5,13H2,1-4H3,(H,24,29)/t17-/m1/s1. The fourth-order valence-corrected chi connectivity index (χ4v) is 3.92. The Balaban J connectivity index is 1.74. The van der Waals surface area contributed by atoms with Gasteiger partial charge in [-0.3, -0.25) is 9.59 Å². The van der Waals surface area contributed by atoms with Gasteiger partial charge in [-0.15, -0.1) is 10.2 Å². The van der Waals surface area contributed by atoms with E-state index >= 15 is 0 Å². The molecule has 2 aromatic carbocycles. The molecule has 1 N–H and O–H groups in total. The van der Waals surface area contributed by atoms with Gasteiger partial charge in [-0.25, -0.2) is 0 Å². The summed E-state index contributed by atoms with van der Waals surface area (Å²) in [4.78, 5) is 24.1. The number of rotatable bonds is 8. The lowest BCUT2D eigenvalue weighted by molar-refractivity contribution is -0.115. The van der Waals surface area contributed by atoms with E-state index in [4.69, 9.17) is 0 Å². The van der Waals surface area contributed by atoms with Crippen molar-refractivity contribution in [3.8, 4) is 11.4 Å². The van der Waals surface area contributed by atoms with Crippen LogP contribution in [0, 0.1) is 6.92 Å². The van der Waals surface area contributed by atoms with Crippen molar-refractivity contribution >= 4 is 29.1 Å². The maximum Gasteiger partial charge on any atom is 0.237 e. The van der Waals surface area contributed by atoms with Crippen molar-refractivity contribution in [3.05, 3.63) is 59.7 Å². The van der Waals surface area contributed by atoms with Gasteiger partial charge < -0.3 is 9.88 Å².